The molecule has 2 aliphatic heterocycles. The monoisotopic (exact) mass is 320 g/mol. The van der Waals surface area contributed by atoms with Crippen LogP contribution in [0, 0.1) is 5.92 Å². The Morgan fingerprint density at radius 1 is 1.30 bits per heavy atom. The Morgan fingerprint density at radius 3 is 2.83 bits per heavy atom. The van der Waals surface area contributed by atoms with Crippen molar-refractivity contribution in [3.8, 4) is 0 Å². The largest absolute Gasteiger partial charge is 0.389 e. The summed E-state index contributed by atoms with van der Waals surface area (Å²) in [5.41, 5.74) is 1.04. The third-order valence-electron chi connectivity index (χ3n) is 4.73. The molecule has 0 spiro atoms. The number of likely N-dealkylation sites (tertiary alicyclic amines) is 1. The molecule has 23 heavy (non-hydrogen) atoms. The molecule has 1 saturated heterocycles. The van der Waals surface area contributed by atoms with Crippen LogP contribution in [0.3, 0.4) is 0 Å². The molecule has 0 saturated carbocycles. The highest BCUT2D eigenvalue weighted by molar-refractivity contribution is 5.16. The Kier molecular flexibility index (Phi) is 4.63. The zero-order chi connectivity index (χ0) is 16.6. The lowest BCUT2D eigenvalue weighted by molar-refractivity contribution is -0.0599. The van der Waals surface area contributed by atoms with E-state index in [1.807, 2.05) is 31.4 Å². The summed E-state index contributed by atoms with van der Waals surface area (Å²) in [6.45, 7) is 9.66. The van der Waals surface area contributed by atoms with Crippen molar-refractivity contribution in [3.63, 3.8) is 0 Å². The third kappa shape index (κ3) is 4.03. The molecule has 1 fully saturated rings. The summed E-state index contributed by atoms with van der Waals surface area (Å²) >= 11 is 0. The molecule has 0 amide bonds. The predicted molar refractivity (Wildman–Crippen MR) is 89.7 cm³/mol. The maximum Gasteiger partial charge on any atom is 0.250 e. The van der Waals surface area contributed by atoms with Crippen LogP contribution in [0.2, 0.25) is 0 Å². The Bertz CT molecular complexity index is 605. The van der Waals surface area contributed by atoms with Gasteiger partial charge in [-0.05, 0) is 39.2 Å². The second-order valence-electron chi connectivity index (χ2n) is 7.99. The fraction of sp³-hybridized carbons (Fsp3) is 0.722. The van der Waals surface area contributed by atoms with E-state index in [2.05, 4.69) is 11.0 Å². The summed E-state index contributed by atoms with van der Waals surface area (Å²) in [5.74, 6) is 0.893. The van der Waals surface area contributed by atoms with E-state index >= 15 is 0 Å². The normalized spacial score (nSPS) is 25.9. The summed E-state index contributed by atoms with van der Waals surface area (Å²) in [7, 11) is 0. The SMILES string of the molecule is CC(C)(C)OC[C@H](O)CN1C[C@H]2C[C@@H](C1)c1cccc(=O)n1C2. The number of rotatable bonds is 4. The molecule has 3 rings (SSSR count). The molecule has 5 nitrogen and oxygen atoms in total. The first kappa shape index (κ1) is 16.7. The van der Waals surface area contributed by atoms with Crippen molar-refractivity contribution in [2.75, 3.05) is 26.2 Å². The molecule has 3 heterocycles. The topological polar surface area (TPSA) is 54.7 Å². The van der Waals surface area contributed by atoms with E-state index < -0.39 is 6.10 Å². The van der Waals surface area contributed by atoms with E-state index in [0.717, 1.165) is 31.7 Å². The Balaban J connectivity index is 1.63. The molecule has 1 aromatic heterocycles. The van der Waals surface area contributed by atoms with Crippen molar-refractivity contribution in [1.82, 2.24) is 9.47 Å². The Hall–Kier alpha value is -1.17. The Labute approximate surface area is 137 Å². The van der Waals surface area contributed by atoms with E-state index in [-0.39, 0.29) is 11.2 Å². The van der Waals surface area contributed by atoms with Crippen molar-refractivity contribution in [2.24, 2.45) is 5.92 Å². The molecule has 1 N–H and O–H groups in total. The van der Waals surface area contributed by atoms with Gasteiger partial charge in [-0.3, -0.25) is 9.69 Å². The second-order valence-corrected chi connectivity index (χ2v) is 7.99. The van der Waals surface area contributed by atoms with Gasteiger partial charge in [-0.2, -0.15) is 0 Å². The quantitative estimate of drug-likeness (QED) is 0.912. The lowest BCUT2D eigenvalue weighted by Gasteiger charge is -2.43. The van der Waals surface area contributed by atoms with Gasteiger partial charge in [0.2, 0.25) is 0 Å². The molecule has 0 aliphatic carbocycles. The highest BCUT2D eigenvalue weighted by Gasteiger charge is 2.34. The molecule has 5 heteroatoms. The summed E-state index contributed by atoms with van der Waals surface area (Å²) in [6, 6.07) is 5.58. The zero-order valence-electron chi connectivity index (χ0n) is 14.4. The van der Waals surface area contributed by atoms with Gasteiger partial charge in [0.15, 0.2) is 0 Å². The zero-order valence-corrected chi connectivity index (χ0v) is 14.4. The van der Waals surface area contributed by atoms with Crippen molar-refractivity contribution in [1.29, 1.82) is 0 Å². The van der Waals surface area contributed by atoms with Gasteiger partial charge in [0, 0.05) is 43.9 Å². The van der Waals surface area contributed by atoms with Gasteiger partial charge in [0.05, 0.1) is 18.3 Å². The van der Waals surface area contributed by atoms with Crippen LogP contribution < -0.4 is 5.56 Å². The smallest absolute Gasteiger partial charge is 0.250 e. The number of aromatic nitrogens is 1. The molecule has 0 unspecified atom stereocenters. The highest BCUT2D eigenvalue weighted by Crippen LogP contribution is 2.34. The van der Waals surface area contributed by atoms with Crippen LogP contribution in [0.25, 0.3) is 0 Å². The van der Waals surface area contributed by atoms with Gasteiger partial charge in [-0.1, -0.05) is 6.07 Å². The van der Waals surface area contributed by atoms with Crippen LogP contribution in [0.4, 0.5) is 0 Å². The van der Waals surface area contributed by atoms with E-state index in [4.69, 9.17) is 4.74 Å². The van der Waals surface area contributed by atoms with E-state index in [0.29, 0.717) is 25.0 Å². The van der Waals surface area contributed by atoms with Crippen LogP contribution in [-0.2, 0) is 11.3 Å². The summed E-state index contributed by atoms with van der Waals surface area (Å²) < 4.78 is 7.62. The van der Waals surface area contributed by atoms with Crippen LogP contribution >= 0.6 is 0 Å². The van der Waals surface area contributed by atoms with E-state index in [1.165, 1.54) is 0 Å². The van der Waals surface area contributed by atoms with Crippen molar-refractivity contribution in [2.45, 2.75) is 51.4 Å². The van der Waals surface area contributed by atoms with Gasteiger partial charge >= 0.3 is 0 Å². The lowest BCUT2D eigenvalue weighted by Crippen LogP contribution is -2.49. The van der Waals surface area contributed by atoms with Crippen molar-refractivity contribution < 1.29 is 9.84 Å². The number of hydrogen-bond donors (Lipinski definition) is 1. The molecular formula is C18H28N2O3. The van der Waals surface area contributed by atoms with Crippen LogP contribution in [0.15, 0.2) is 23.0 Å². The summed E-state index contributed by atoms with van der Waals surface area (Å²) in [5, 5.41) is 10.2. The summed E-state index contributed by atoms with van der Waals surface area (Å²) in [6.07, 6.45) is 0.681. The van der Waals surface area contributed by atoms with Crippen molar-refractivity contribution in [3.05, 3.63) is 34.2 Å². The number of hydrogen-bond acceptors (Lipinski definition) is 4. The first-order chi connectivity index (χ1) is 10.8. The third-order valence-corrected chi connectivity index (χ3v) is 4.73. The number of aliphatic hydroxyl groups is 1. The predicted octanol–water partition coefficient (Wildman–Crippen LogP) is 1.44. The maximum absolute atomic E-state index is 12.0. The molecule has 1 aromatic rings. The molecule has 2 aliphatic rings. The molecular weight excluding hydrogens is 292 g/mol. The Morgan fingerprint density at radius 2 is 2.09 bits per heavy atom. The van der Waals surface area contributed by atoms with Gasteiger partial charge in [0.1, 0.15) is 0 Å². The number of ether oxygens (including phenoxy) is 1. The minimum Gasteiger partial charge on any atom is -0.389 e. The van der Waals surface area contributed by atoms with Gasteiger partial charge in [-0.15, -0.1) is 0 Å². The number of pyridine rings is 1. The average molecular weight is 320 g/mol. The van der Waals surface area contributed by atoms with Gasteiger partial charge in [-0.25, -0.2) is 0 Å². The molecule has 3 atom stereocenters. The highest BCUT2D eigenvalue weighted by atomic mass is 16.5. The molecule has 0 aromatic carbocycles. The number of piperidine rings is 1. The van der Waals surface area contributed by atoms with E-state index in [9.17, 15) is 9.90 Å². The number of nitrogens with zero attached hydrogens (tertiary/aromatic N) is 2. The minimum absolute atomic E-state index is 0.115. The number of fused-ring (bicyclic) bond motifs is 4. The average Bonchev–Trinajstić information content (AvgIpc) is 2.46. The standard InChI is InChI=1S/C18H28N2O3/c1-18(2,3)23-12-15(21)11-19-8-13-7-14(10-19)16-5-4-6-17(22)20(16)9-13/h4-6,13-15,21H,7-12H2,1-3H3/t13-,14+,15-/m1/s1. The first-order valence-corrected chi connectivity index (χ1v) is 8.56. The van der Waals surface area contributed by atoms with Crippen LogP contribution in [0.5, 0.6) is 0 Å². The lowest BCUT2D eigenvalue weighted by atomic mass is 9.83. The number of aliphatic hydroxyl groups excluding tert-OH is 1. The molecule has 2 bridgehead atoms. The fourth-order valence-electron chi connectivity index (χ4n) is 3.84. The molecule has 0 radical (unpaired) electrons. The minimum atomic E-state index is -0.467. The number of β-amino-alcohol motifs (C(OH)–C–C–N with tert-alkyl or cyclic N) is 1. The van der Waals surface area contributed by atoms with Crippen molar-refractivity contribution >= 4 is 0 Å². The molecule has 128 valence electrons. The van der Waals surface area contributed by atoms with Gasteiger partial charge < -0.3 is 14.4 Å². The first-order valence-electron chi connectivity index (χ1n) is 8.56. The second kappa shape index (κ2) is 6.38. The maximum atomic E-state index is 12.0. The fourth-order valence-corrected chi connectivity index (χ4v) is 3.84. The summed E-state index contributed by atoms with van der Waals surface area (Å²) in [4.78, 5) is 14.4. The van der Waals surface area contributed by atoms with E-state index in [1.54, 1.807) is 6.07 Å². The van der Waals surface area contributed by atoms with Crippen LogP contribution in [0.1, 0.15) is 38.8 Å². The van der Waals surface area contributed by atoms with Crippen LogP contribution in [-0.4, -0.2) is 52.5 Å². The van der Waals surface area contributed by atoms with Gasteiger partial charge in [0.25, 0.3) is 5.56 Å².